The number of hydrogen-bond donors (Lipinski definition) is 2. The minimum Gasteiger partial charge on any atom is -0.493 e. The number of nitrogens with one attached hydrogen (secondary N) is 1. The Bertz CT molecular complexity index is 617. The molecule has 0 saturated heterocycles. The molecule has 110 valence electrons. The van der Waals surface area contributed by atoms with E-state index >= 15 is 0 Å². The van der Waals surface area contributed by atoms with Gasteiger partial charge in [0.25, 0.3) is 5.91 Å². The van der Waals surface area contributed by atoms with Crippen LogP contribution in [-0.2, 0) is 11.3 Å². The molecule has 2 rings (SSSR count). The molecule has 0 aliphatic heterocycles. The molecule has 0 aliphatic rings. The second-order valence-corrected chi connectivity index (χ2v) is 4.21. The molecule has 2 aromatic rings. The zero-order chi connectivity index (χ0) is 15.1. The van der Waals surface area contributed by atoms with E-state index in [1.807, 2.05) is 12.1 Å². The van der Waals surface area contributed by atoms with Crippen LogP contribution in [0.3, 0.4) is 0 Å². The number of benzene rings is 1. The van der Waals surface area contributed by atoms with Gasteiger partial charge in [-0.25, -0.2) is 4.98 Å². The SMILES string of the molecule is COc1ccccc1OCC(=O)Nc1cccc(CN)n1. The van der Waals surface area contributed by atoms with Crippen LogP contribution in [0.1, 0.15) is 5.69 Å². The lowest BCUT2D eigenvalue weighted by Gasteiger charge is -2.10. The minimum absolute atomic E-state index is 0.130. The molecule has 6 nitrogen and oxygen atoms in total. The van der Waals surface area contributed by atoms with Crippen LogP contribution in [0.5, 0.6) is 11.5 Å². The van der Waals surface area contributed by atoms with E-state index in [-0.39, 0.29) is 12.5 Å². The first kappa shape index (κ1) is 14.8. The number of methoxy groups -OCH3 is 1. The predicted molar refractivity (Wildman–Crippen MR) is 79.2 cm³/mol. The molecule has 1 aromatic heterocycles. The van der Waals surface area contributed by atoms with Gasteiger partial charge >= 0.3 is 0 Å². The molecule has 6 heteroatoms. The molecule has 21 heavy (non-hydrogen) atoms. The number of aromatic nitrogens is 1. The van der Waals surface area contributed by atoms with Gasteiger partial charge in [0.15, 0.2) is 18.1 Å². The Morgan fingerprint density at radius 1 is 1.19 bits per heavy atom. The standard InChI is InChI=1S/C15H17N3O3/c1-20-12-6-2-3-7-13(12)21-10-15(19)18-14-8-4-5-11(9-16)17-14/h2-8H,9-10,16H2,1H3,(H,17,18,19). The van der Waals surface area contributed by atoms with Gasteiger partial charge in [0, 0.05) is 6.54 Å². The van der Waals surface area contributed by atoms with Crippen LogP contribution in [0.25, 0.3) is 0 Å². The van der Waals surface area contributed by atoms with Crippen molar-refractivity contribution in [2.75, 3.05) is 19.0 Å². The van der Waals surface area contributed by atoms with Crippen molar-refractivity contribution in [3.63, 3.8) is 0 Å². The number of pyridine rings is 1. The fraction of sp³-hybridized carbons (Fsp3) is 0.200. The molecule has 0 radical (unpaired) electrons. The molecule has 0 bridgehead atoms. The number of rotatable bonds is 6. The Kier molecular flexibility index (Phi) is 5.11. The molecule has 0 aliphatic carbocycles. The largest absolute Gasteiger partial charge is 0.493 e. The summed E-state index contributed by atoms with van der Waals surface area (Å²) in [6.07, 6.45) is 0. The monoisotopic (exact) mass is 287 g/mol. The molecular formula is C15H17N3O3. The van der Waals surface area contributed by atoms with E-state index < -0.39 is 0 Å². The topological polar surface area (TPSA) is 86.5 Å². The average molecular weight is 287 g/mol. The van der Waals surface area contributed by atoms with Crippen LogP contribution in [-0.4, -0.2) is 24.6 Å². The third kappa shape index (κ3) is 4.19. The Balaban J connectivity index is 1.92. The van der Waals surface area contributed by atoms with Gasteiger partial charge in [-0.15, -0.1) is 0 Å². The number of carbonyl (C=O) groups is 1. The van der Waals surface area contributed by atoms with E-state index in [1.165, 1.54) is 0 Å². The van der Waals surface area contributed by atoms with Crippen LogP contribution in [0.4, 0.5) is 5.82 Å². The summed E-state index contributed by atoms with van der Waals surface area (Å²) in [6, 6.07) is 12.4. The van der Waals surface area contributed by atoms with Crippen LogP contribution < -0.4 is 20.5 Å². The number of nitrogens with two attached hydrogens (primary N) is 1. The van der Waals surface area contributed by atoms with Gasteiger partial charge in [0.1, 0.15) is 5.82 Å². The highest BCUT2D eigenvalue weighted by atomic mass is 16.5. The van der Waals surface area contributed by atoms with Gasteiger partial charge in [-0.1, -0.05) is 18.2 Å². The summed E-state index contributed by atoms with van der Waals surface area (Å²) in [6.45, 7) is 0.191. The molecule has 1 amide bonds. The molecular weight excluding hydrogens is 270 g/mol. The van der Waals surface area contributed by atoms with E-state index in [2.05, 4.69) is 10.3 Å². The van der Waals surface area contributed by atoms with Gasteiger partial charge in [0.2, 0.25) is 0 Å². The molecule has 0 saturated carbocycles. The van der Waals surface area contributed by atoms with Crippen LogP contribution in [0, 0.1) is 0 Å². The first-order valence-electron chi connectivity index (χ1n) is 6.44. The fourth-order valence-electron chi connectivity index (χ4n) is 1.72. The van der Waals surface area contributed by atoms with Gasteiger partial charge < -0.3 is 20.5 Å². The second-order valence-electron chi connectivity index (χ2n) is 4.21. The maximum atomic E-state index is 11.8. The Morgan fingerprint density at radius 3 is 2.67 bits per heavy atom. The van der Waals surface area contributed by atoms with E-state index in [9.17, 15) is 4.79 Å². The number of nitrogens with zero attached hydrogens (tertiary/aromatic N) is 1. The number of ether oxygens (including phenoxy) is 2. The van der Waals surface area contributed by atoms with E-state index in [0.717, 1.165) is 0 Å². The van der Waals surface area contributed by atoms with Crippen molar-refractivity contribution < 1.29 is 14.3 Å². The van der Waals surface area contributed by atoms with Crippen molar-refractivity contribution in [2.24, 2.45) is 5.73 Å². The average Bonchev–Trinajstić information content (AvgIpc) is 2.53. The summed E-state index contributed by atoms with van der Waals surface area (Å²) < 4.78 is 10.6. The maximum absolute atomic E-state index is 11.8. The molecule has 1 heterocycles. The Hall–Kier alpha value is -2.60. The third-order valence-corrected chi connectivity index (χ3v) is 2.71. The van der Waals surface area contributed by atoms with Crippen molar-refractivity contribution in [2.45, 2.75) is 6.54 Å². The number of para-hydroxylation sites is 2. The highest BCUT2D eigenvalue weighted by Crippen LogP contribution is 2.25. The van der Waals surface area contributed by atoms with Crippen LogP contribution in [0.15, 0.2) is 42.5 Å². The lowest BCUT2D eigenvalue weighted by molar-refractivity contribution is -0.118. The zero-order valence-electron chi connectivity index (χ0n) is 11.7. The number of hydrogen-bond acceptors (Lipinski definition) is 5. The molecule has 1 aromatic carbocycles. The highest BCUT2D eigenvalue weighted by molar-refractivity contribution is 5.90. The predicted octanol–water partition coefficient (Wildman–Crippen LogP) is 1.57. The Morgan fingerprint density at radius 2 is 1.95 bits per heavy atom. The van der Waals surface area contributed by atoms with E-state index in [1.54, 1.807) is 37.4 Å². The lowest BCUT2D eigenvalue weighted by Crippen LogP contribution is -2.21. The first-order chi connectivity index (χ1) is 10.2. The Labute approximate surface area is 122 Å². The quantitative estimate of drug-likeness (QED) is 0.842. The van der Waals surface area contributed by atoms with Crippen molar-refractivity contribution in [1.29, 1.82) is 0 Å². The smallest absolute Gasteiger partial charge is 0.263 e. The molecule has 0 atom stereocenters. The molecule has 0 unspecified atom stereocenters. The molecule has 0 spiro atoms. The van der Waals surface area contributed by atoms with E-state index in [0.29, 0.717) is 29.6 Å². The highest BCUT2D eigenvalue weighted by Gasteiger charge is 2.08. The molecule has 0 fully saturated rings. The third-order valence-electron chi connectivity index (χ3n) is 2.71. The van der Waals surface area contributed by atoms with Crippen LogP contribution >= 0.6 is 0 Å². The summed E-state index contributed by atoms with van der Waals surface area (Å²) in [5.41, 5.74) is 6.21. The van der Waals surface area contributed by atoms with Gasteiger partial charge in [-0.3, -0.25) is 4.79 Å². The fourth-order valence-corrected chi connectivity index (χ4v) is 1.72. The number of anilines is 1. The van der Waals surface area contributed by atoms with Gasteiger partial charge in [0.05, 0.1) is 12.8 Å². The van der Waals surface area contributed by atoms with Crippen molar-refractivity contribution in [3.05, 3.63) is 48.2 Å². The van der Waals surface area contributed by atoms with Crippen molar-refractivity contribution in [1.82, 2.24) is 4.98 Å². The molecule has 3 N–H and O–H groups in total. The van der Waals surface area contributed by atoms with Crippen molar-refractivity contribution in [3.8, 4) is 11.5 Å². The minimum atomic E-state index is -0.303. The summed E-state index contributed by atoms with van der Waals surface area (Å²) in [7, 11) is 1.55. The van der Waals surface area contributed by atoms with Gasteiger partial charge in [-0.2, -0.15) is 0 Å². The number of amides is 1. The summed E-state index contributed by atoms with van der Waals surface area (Å²) in [5.74, 6) is 1.24. The number of carbonyl (C=O) groups excluding carboxylic acids is 1. The maximum Gasteiger partial charge on any atom is 0.263 e. The summed E-state index contributed by atoms with van der Waals surface area (Å²) in [4.78, 5) is 16.0. The first-order valence-corrected chi connectivity index (χ1v) is 6.44. The summed E-state index contributed by atoms with van der Waals surface area (Å²) >= 11 is 0. The normalized spacial score (nSPS) is 10.0. The second kappa shape index (κ2) is 7.25. The lowest BCUT2D eigenvalue weighted by atomic mass is 10.3. The van der Waals surface area contributed by atoms with Crippen molar-refractivity contribution >= 4 is 11.7 Å². The van der Waals surface area contributed by atoms with Crippen LogP contribution in [0.2, 0.25) is 0 Å². The summed E-state index contributed by atoms with van der Waals surface area (Å²) in [5, 5.41) is 2.65. The zero-order valence-corrected chi connectivity index (χ0v) is 11.7. The van der Waals surface area contributed by atoms with E-state index in [4.69, 9.17) is 15.2 Å². The van der Waals surface area contributed by atoms with Gasteiger partial charge in [-0.05, 0) is 24.3 Å².